The van der Waals surface area contributed by atoms with E-state index in [9.17, 15) is 8.78 Å². The Morgan fingerprint density at radius 1 is 1.29 bits per heavy atom. The van der Waals surface area contributed by atoms with Gasteiger partial charge in [-0.05, 0) is 38.0 Å². The molecule has 1 aliphatic rings. The van der Waals surface area contributed by atoms with Crippen LogP contribution in [0.4, 0.5) is 8.78 Å². The van der Waals surface area contributed by atoms with Crippen LogP contribution in [0, 0.1) is 11.6 Å². The van der Waals surface area contributed by atoms with Gasteiger partial charge in [-0.25, -0.2) is 8.78 Å². The molecule has 1 aromatic heterocycles. The summed E-state index contributed by atoms with van der Waals surface area (Å²) in [5.74, 6) is -1.10. The van der Waals surface area contributed by atoms with E-state index in [1.807, 2.05) is 6.92 Å². The zero-order chi connectivity index (χ0) is 15.0. The standard InChI is InChI=1S/C15H17F2N3O/c1-15(18)7-3-2-4-10(15)14-19-13(20-21-14)9-5-6-11(16)12(17)8-9/h5-6,8,10H,2-4,7,18H2,1H3. The second kappa shape index (κ2) is 5.18. The smallest absolute Gasteiger partial charge is 0.231 e. The van der Waals surface area contributed by atoms with E-state index in [1.54, 1.807) is 0 Å². The topological polar surface area (TPSA) is 64.9 Å². The third kappa shape index (κ3) is 2.68. The molecular weight excluding hydrogens is 276 g/mol. The normalized spacial score (nSPS) is 26.0. The van der Waals surface area contributed by atoms with Crippen LogP contribution in [0.2, 0.25) is 0 Å². The van der Waals surface area contributed by atoms with E-state index in [-0.39, 0.29) is 17.3 Å². The van der Waals surface area contributed by atoms with Gasteiger partial charge < -0.3 is 10.3 Å². The fourth-order valence-corrected chi connectivity index (χ4v) is 2.89. The van der Waals surface area contributed by atoms with Gasteiger partial charge in [0.2, 0.25) is 11.7 Å². The molecule has 2 atom stereocenters. The van der Waals surface area contributed by atoms with Crippen LogP contribution in [0.25, 0.3) is 11.4 Å². The molecule has 3 rings (SSSR count). The Balaban J connectivity index is 1.90. The Bertz CT molecular complexity index is 654. The number of rotatable bonds is 2. The molecule has 4 nitrogen and oxygen atoms in total. The SMILES string of the molecule is CC1(N)CCCCC1c1nc(-c2ccc(F)c(F)c2)no1. The molecule has 0 radical (unpaired) electrons. The fourth-order valence-electron chi connectivity index (χ4n) is 2.89. The number of nitrogens with zero attached hydrogens (tertiary/aromatic N) is 2. The highest BCUT2D eigenvalue weighted by atomic mass is 19.2. The number of hydrogen-bond acceptors (Lipinski definition) is 4. The summed E-state index contributed by atoms with van der Waals surface area (Å²) in [7, 11) is 0. The molecule has 2 unspecified atom stereocenters. The molecule has 1 heterocycles. The van der Waals surface area contributed by atoms with Crippen molar-refractivity contribution in [3.63, 3.8) is 0 Å². The molecule has 0 aliphatic heterocycles. The minimum absolute atomic E-state index is 0.00204. The van der Waals surface area contributed by atoms with Gasteiger partial charge >= 0.3 is 0 Å². The summed E-state index contributed by atoms with van der Waals surface area (Å²) in [6, 6.07) is 3.54. The largest absolute Gasteiger partial charge is 0.339 e. The molecule has 2 aromatic rings. The van der Waals surface area contributed by atoms with E-state index in [2.05, 4.69) is 10.1 Å². The first-order chi connectivity index (χ1) is 9.97. The van der Waals surface area contributed by atoms with Gasteiger partial charge in [0.1, 0.15) is 0 Å². The molecule has 0 spiro atoms. The van der Waals surface area contributed by atoms with Crippen molar-refractivity contribution in [2.75, 3.05) is 0 Å². The summed E-state index contributed by atoms with van der Waals surface area (Å²) in [5.41, 5.74) is 6.32. The van der Waals surface area contributed by atoms with Crippen LogP contribution in [0.1, 0.15) is 44.4 Å². The van der Waals surface area contributed by atoms with Gasteiger partial charge in [0.25, 0.3) is 0 Å². The Hall–Kier alpha value is -1.82. The van der Waals surface area contributed by atoms with Crippen molar-refractivity contribution in [2.24, 2.45) is 5.73 Å². The van der Waals surface area contributed by atoms with Crippen LogP contribution in [-0.2, 0) is 0 Å². The molecule has 21 heavy (non-hydrogen) atoms. The summed E-state index contributed by atoms with van der Waals surface area (Å²) in [5, 5.41) is 3.87. The second-order valence-electron chi connectivity index (χ2n) is 5.89. The summed E-state index contributed by atoms with van der Waals surface area (Å²) < 4.78 is 31.5. The number of aromatic nitrogens is 2. The number of hydrogen-bond donors (Lipinski definition) is 1. The summed E-state index contributed by atoms with van der Waals surface area (Å²) >= 11 is 0. The third-order valence-corrected chi connectivity index (χ3v) is 4.17. The van der Waals surface area contributed by atoms with Crippen molar-refractivity contribution in [1.82, 2.24) is 10.1 Å². The molecule has 0 bridgehead atoms. The summed E-state index contributed by atoms with van der Waals surface area (Å²) in [6.07, 6.45) is 3.96. The maximum Gasteiger partial charge on any atom is 0.231 e. The minimum Gasteiger partial charge on any atom is -0.339 e. The maximum atomic E-state index is 13.3. The average Bonchev–Trinajstić information content (AvgIpc) is 2.91. The lowest BCUT2D eigenvalue weighted by molar-refractivity contribution is 0.223. The molecular formula is C15H17F2N3O. The van der Waals surface area contributed by atoms with E-state index in [0.29, 0.717) is 11.5 Å². The lowest BCUT2D eigenvalue weighted by Gasteiger charge is -2.35. The molecule has 112 valence electrons. The Labute approximate surface area is 121 Å². The number of halogens is 2. The molecule has 0 amide bonds. The minimum atomic E-state index is -0.930. The first-order valence-electron chi connectivity index (χ1n) is 7.05. The first kappa shape index (κ1) is 14.1. The van der Waals surface area contributed by atoms with Crippen molar-refractivity contribution in [2.45, 2.75) is 44.1 Å². The first-order valence-corrected chi connectivity index (χ1v) is 7.05. The zero-order valence-corrected chi connectivity index (χ0v) is 11.8. The van der Waals surface area contributed by atoms with Gasteiger partial charge in [-0.3, -0.25) is 0 Å². The highest BCUT2D eigenvalue weighted by molar-refractivity contribution is 5.54. The third-order valence-electron chi connectivity index (χ3n) is 4.17. The highest BCUT2D eigenvalue weighted by Crippen LogP contribution is 2.38. The number of benzene rings is 1. The molecule has 1 aliphatic carbocycles. The monoisotopic (exact) mass is 293 g/mol. The van der Waals surface area contributed by atoms with E-state index in [1.165, 1.54) is 6.07 Å². The van der Waals surface area contributed by atoms with Crippen LogP contribution in [-0.4, -0.2) is 15.7 Å². The highest BCUT2D eigenvalue weighted by Gasteiger charge is 2.37. The summed E-state index contributed by atoms with van der Waals surface area (Å²) in [4.78, 5) is 4.32. The molecule has 2 N–H and O–H groups in total. The Kier molecular flexibility index (Phi) is 3.49. The van der Waals surface area contributed by atoms with Gasteiger partial charge in [-0.2, -0.15) is 4.98 Å². The van der Waals surface area contributed by atoms with Crippen molar-refractivity contribution in [3.05, 3.63) is 35.7 Å². The van der Waals surface area contributed by atoms with Gasteiger partial charge in [0.05, 0.1) is 5.92 Å². The predicted octanol–water partition coefficient (Wildman–Crippen LogP) is 3.39. The van der Waals surface area contributed by atoms with Crippen LogP contribution >= 0.6 is 0 Å². The van der Waals surface area contributed by atoms with E-state index >= 15 is 0 Å². The van der Waals surface area contributed by atoms with E-state index < -0.39 is 11.6 Å². The Morgan fingerprint density at radius 3 is 2.81 bits per heavy atom. The van der Waals surface area contributed by atoms with Gasteiger partial charge in [-0.15, -0.1) is 0 Å². The lowest BCUT2D eigenvalue weighted by atomic mass is 9.74. The quantitative estimate of drug-likeness (QED) is 0.921. The second-order valence-corrected chi connectivity index (χ2v) is 5.89. The van der Waals surface area contributed by atoms with Crippen molar-refractivity contribution in [1.29, 1.82) is 0 Å². The van der Waals surface area contributed by atoms with E-state index in [0.717, 1.165) is 37.8 Å². The maximum absolute atomic E-state index is 13.3. The predicted molar refractivity (Wildman–Crippen MR) is 73.5 cm³/mol. The van der Waals surface area contributed by atoms with Gasteiger partial charge in [0, 0.05) is 11.1 Å². The summed E-state index contributed by atoms with van der Waals surface area (Å²) in [6.45, 7) is 1.98. The van der Waals surface area contributed by atoms with Crippen molar-refractivity contribution >= 4 is 0 Å². The molecule has 1 fully saturated rings. The van der Waals surface area contributed by atoms with E-state index in [4.69, 9.17) is 10.3 Å². The van der Waals surface area contributed by atoms with Crippen molar-refractivity contribution in [3.8, 4) is 11.4 Å². The van der Waals surface area contributed by atoms with Crippen molar-refractivity contribution < 1.29 is 13.3 Å². The molecule has 6 heteroatoms. The fraction of sp³-hybridized carbons (Fsp3) is 0.467. The lowest BCUT2D eigenvalue weighted by Crippen LogP contribution is -2.44. The zero-order valence-electron chi connectivity index (χ0n) is 11.8. The van der Waals surface area contributed by atoms with Crippen LogP contribution in [0.5, 0.6) is 0 Å². The number of nitrogens with two attached hydrogens (primary N) is 1. The van der Waals surface area contributed by atoms with Crippen LogP contribution in [0.3, 0.4) is 0 Å². The van der Waals surface area contributed by atoms with Crippen LogP contribution < -0.4 is 5.73 Å². The van der Waals surface area contributed by atoms with Crippen LogP contribution in [0.15, 0.2) is 22.7 Å². The van der Waals surface area contributed by atoms with Gasteiger partial charge in [0.15, 0.2) is 11.6 Å². The van der Waals surface area contributed by atoms with Gasteiger partial charge in [-0.1, -0.05) is 18.0 Å². The molecule has 1 saturated carbocycles. The molecule has 0 saturated heterocycles. The molecule has 1 aromatic carbocycles. The Morgan fingerprint density at radius 2 is 2.10 bits per heavy atom. The average molecular weight is 293 g/mol.